The molecule has 0 saturated carbocycles. The van der Waals surface area contributed by atoms with E-state index in [-0.39, 0.29) is 30.8 Å². The number of benzene rings is 1. The maximum atomic E-state index is 12.2. The fourth-order valence-corrected chi connectivity index (χ4v) is 2.23. The molecule has 0 bridgehead atoms. The predicted molar refractivity (Wildman–Crippen MR) is 89.3 cm³/mol. The Kier molecular flexibility index (Phi) is 7.23. The summed E-state index contributed by atoms with van der Waals surface area (Å²) in [5.74, 6) is -1.00. The summed E-state index contributed by atoms with van der Waals surface area (Å²) in [6.45, 7) is 7.05. The van der Waals surface area contributed by atoms with Gasteiger partial charge in [-0.15, -0.1) is 0 Å². The summed E-state index contributed by atoms with van der Waals surface area (Å²) < 4.78 is 5.23. The summed E-state index contributed by atoms with van der Waals surface area (Å²) >= 11 is 0. The summed E-state index contributed by atoms with van der Waals surface area (Å²) in [7, 11) is 0. The largest absolute Gasteiger partial charge is 0.481 e. The van der Waals surface area contributed by atoms with Crippen LogP contribution in [0.25, 0.3) is 0 Å². The van der Waals surface area contributed by atoms with Crippen LogP contribution in [0.4, 0.5) is 0 Å². The first kappa shape index (κ1) is 19.5. The lowest BCUT2D eigenvalue weighted by atomic mass is 10.1. The van der Waals surface area contributed by atoms with Gasteiger partial charge in [-0.05, 0) is 51.0 Å². The Morgan fingerprint density at radius 3 is 2.25 bits per heavy atom. The molecule has 1 aromatic carbocycles. The van der Waals surface area contributed by atoms with E-state index in [4.69, 9.17) is 9.84 Å². The molecule has 0 saturated heterocycles. The maximum Gasteiger partial charge on any atom is 0.341 e. The third-order valence-corrected chi connectivity index (χ3v) is 3.15. The fraction of sp³-hybridized carbons (Fsp3) is 0.471. The van der Waals surface area contributed by atoms with Gasteiger partial charge in [0.1, 0.15) is 5.75 Å². The van der Waals surface area contributed by atoms with Crippen LogP contribution in [0.1, 0.15) is 41.8 Å². The number of rotatable bonds is 8. The van der Waals surface area contributed by atoms with Gasteiger partial charge in [-0.2, -0.15) is 0 Å². The number of carboxylic acid groups (broad SMARTS) is 1. The summed E-state index contributed by atoms with van der Waals surface area (Å²) in [6, 6.07) is 3.33. The molecule has 0 atom stereocenters. The molecule has 24 heavy (non-hydrogen) atoms. The lowest BCUT2D eigenvalue weighted by Crippen LogP contribution is -2.34. The maximum absolute atomic E-state index is 12.2. The first-order chi connectivity index (χ1) is 11.2. The van der Waals surface area contributed by atoms with Crippen LogP contribution in [0.5, 0.6) is 5.75 Å². The predicted octanol–water partition coefficient (Wildman–Crippen LogP) is 1.41. The van der Waals surface area contributed by atoms with E-state index in [0.717, 1.165) is 0 Å². The molecule has 0 aliphatic heterocycles. The number of carbonyl (C=O) groups is 3. The van der Waals surface area contributed by atoms with Gasteiger partial charge in [0.05, 0.1) is 0 Å². The van der Waals surface area contributed by atoms with Crippen LogP contribution < -0.4 is 15.4 Å². The number of hydrogen-bond acceptors (Lipinski definition) is 4. The minimum Gasteiger partial charge on any atom is -0.481 e. The molecule has 7 nitrogen and oxygen atoms in total. The SMILES string of the molecule is Cc1cc(C(=O)NCCC(=O)NC(C)C)cc(C)c1OCC(=O)O. The van der Waals surface area contributed by atoms with Crippen molar-refractivity contribution in [3.63, 3.8) is 0 Å². The van der Waals surface area contributed by atoms with E-state index >= 15 is 0 Å². The third kappa shape index (κ3) is 6.28. The second-order valence-corrected chi connectivity index (χ2v) is 5.85. The van der Waals surface area contributed by atoms with E-state index in [1.54, 1.807) is 26.0 Å². The van der Waals surface area contributed by atoms with Crippen LogP contribution in [-0.4, -0.2) is 42.1 Å². The van der Waals surface area contributed by atoms with Crippen molar-refractivity contribution in [1.29, 1.82) is 0 Å². The summed E-state index contributed by atoms with van der Waals surface area (Å²) in [5.41, 5.74) is 1.80. The molecule has 132 valence electrons. The van der Waals surface area contributed by atoms with Crippen LogP contribution in [-0.2, 0) is 9.59 Å². The number of carbonyl (C=O) groups excluding carboxylic acids is 2. The molecular weight excluding hydrogens is 312 g/mol. The molecule has 0 fully saturated rings. The van der Waals surface area contributed by atoms with Gasteiger partial charge in [-0.25, -0.2) is 4.79 Å². The molecule has 0 radical (unpaired) electrons. The Bertz CT molecular complexity index is 602. The van der Waals surface area contributed by atoms with Crippen molar-refractivity contribution in [3.05, 3.63) is 28.8 Å². The Morgan fingerprint density at radius 1 is 1.17 bits per heavy atom. The van der Waals surface area contributed by atoms with Crippen LogP contribution in [0.3, 0.4) is 0 Å². The van der Waals surface area contributed by atoms with Gasteiger partial charge in [-0.1, -0.05) is 0 Å². The lowest BCUT2D eigenvalue weighted by molar-refractivity contribution is -0.139. The highest BCUT2D eigenvalue weighted by atomic mass is 16.5. The van der Waals surface area contributed by atoms with E-state index in [1.807, 2.05) is 13.8 Å². The van der Waals surface area contributed by atoms with Crippen molar-refractivity contribution in [3.8, 4) is 5.75 Å². The zero-order valence-electron chi connectivity index (χ0n) is 14.4. The second-order valence-electron chi connectivity index (χ2n) is 5.85. The van der Waals surface area contributed by atoms with Gasteiger partial charge in [0, 0.05) is 24.6 Å². The molecule has 0 aromatic heterocycles. The zero-order chi connectivity index (χ0) is 18.3. The van der Waals surface area contributed by atoms with Crippen LogP contribution in [0.15, 0.2) is 12.1 Å². The number of ether oxygens (including phenoxy) is 1. The van der Waals surface area contributed by atoms with E-state index in [1.165, 1.54) is 0 Å². The summed E-state index contributed by atoms with van der Waals surface area (Å²) in [5, 5.41) is 14.1. The Hall–Kier alpha value is -2.57. The second kappa shape index (κ2) is 8.90. The van der Waals surface area contributed by atoms with Crippen LogP contribution in [0.2, 0.25) is 0 Å². The van der Waals surface area contributed by atoms with E-state index < -0.39 is 12.6 Å². The number of aliphatic carboxylic acids is 1. The number of aryl methyl sites for hydroxylation is 2. The van der Waals surface area contributed by atoms with Gasteiger partial charge < -0.3 is 20.5 Å². The quantitative estimate of drug-likeness (QED) is 0.666. The van der Waals surface area contributed by atoms with Gasteiger partial charge in [0.15, 0.2) is 6.61 Å². The topological polar surface area (TPSA) is 105 Å². The van der Waals surface area contributed by atoms with Crippen molar-refractivity contribution < 1.29 is 24.2 Å². The monoisotopic (exact) mass is 336 g/mol. The summed E-state index contributed by atoms with van der Waals surface area (Å²) in [4.78, 5) is 34.3. The zero-order valence-corrected chi connectivity index (χ0v) is 14.4. The Balaban J connectivity index is 2.65. The number of nitrogens with one attached hydrogen (secondary N) is 2. The fourth-order valence-electron chi connectivity index (χ4n) is 2.23. The van der Waals surface area contributed by atoms with Crippen LogP contribution >= 0.6 is 0 Å². The molecule has 0 heterocycles. The van der Waals surface area contributed by atoms with Crippen molar-refractivity contribution in [2.75, 3.05) is 13.2 Å². The van der Waals surface area contributed by atoms with Gasteiger partial charge in [-0.3, -0.25) is 9.59 Å². The third-order valence-electron chi connectivity index (χ3n) is 3.15. The highest BCUT2D eigenvalue weighted by molar-refractivity contribution is 5.95. The van der Waals surface area contributed by atoms with Crippen LogP contribution in [0, 0.1) is 13.8 Å². The molecule has 7 heteroatoms. The van der Waals surface area contributed by atoms with E-state index in [0.29, 0.717) is 22.4 Å². The van der Waals surface area contributed by atoms with Gasteiger partial charge in [0.25, 0.3) is 5.91 Å². The number of hydrogen-bond donors (Lipinski definition) is 3. The van der Waals surface area contributed by atoms with Gasteiger partial charge in [0.2, 0.25) is 5.91 Å². The minimum atomic E-state index is -1.06. The highest BCUT2D eigenvalue weighted by Gasteiger charge is 2.13. The van der Waals surface area contributed by atoms with Crippen molar-refractivity contribution in [2.45, 2.75) is 40.2 Å². The van der Waals surface area contributed by atoms with E-state index in [2.05, 4.69) is 10.6 Å². The Morgan fingerprint density at radius 2 is 1.75 bits per heavy atom. The normalized spacial score (nSPS) is 10.4. The molecule has 1 rings (SSSR count). The van der Waals surface area contributed by atoms with Crippen molar-refractivity contribution in [2.24, 2.45) is 0 Å². The van der Waals surface area contributed by atoms with E-state index in [9.17, 15) is 14.4 Å². The first-order valence-electron chi connectivity index (χ1n) is 7.74. The van der Waals surface area contributed by atoms with Gasteiger partial charge >= 0.3 is 5.97 Å². The average Bonchev–Trinajstić information content (AvgIpc) is 2.44. The molecule has 1 aromatic rings. The lowest BCUT2D eigenvalue weighted by Gasteiger charge is -2.13. The highest BCUT2D eigenvalue weighted by Crippen LogP contribution is 2.24. The number of amides is 2. The Labute approximate surface area is 141 Å². The molecule has 0 spiro atoms. The average molecular weight is 336 g/mol. The molecule has 0 unspecified atom stereocenters. The molecule has 3 N–H and O–H groups in total. The smallest absolute Gasteiger partial charge is 0.341 e. The standard InChI is InChI=1S/C17H24N2O5/c1-10(2)19-14(20)5-6-18-17(23)13-7-11(3)16(12(4)8-13)24-9-15(21)22/h7-8,10H,5-6,9H2,1-4H3,(H,18,23)(H,19,20)(H,21,22). The summed E-state index contributed by atoms with van der Waals surface area (Å²) in [6.07, 6.45) is 0.210. The number of carboxylic acids is 1. The minimum absolute atomic E-state index is 0.0665. The first-order valence-corrected chi connectivity index (χ1v) is 7.74. The molecule has 0 aliphatic carbocycles. The molecule has 0 aliphatic rings. The van der Waals surface area contributed by atoms with Crippen molar-refractivity contribution >= 4 is 17.8 Å². The van der Waals surface area contributed by atoms with Crippen molar-refractivity contribution in [1.82, 2.24) is 10.6 Å². The molecule has 2 amide bonds. The molecular formula is C17H24N2O5.